The number of ether oxygens (including phenoxy) is 1. The van der Waals surface area contributed by atoms with Crippen molar-refractivity contribution in [1.82, 2.24) is 14.7 Å². The van der Waals surface area contributed by atoms with E-state index in [1.807, 2.05) is 25.0 Å². The first-order chi connectivity index (χ1) is 10.3. The number of hydrogen-bond donors (Lipinski definition) is 0. The van der Waals surface area contributed by atoms with Gasteiger partial charge in [-0.15, -0.1) is 0 Å². The van der Waals surface area contributed by atoms with Crippen LogP contribution in [0.2, 0.25) is 0 Å². The van der Waals surface area contributed by atoms with Crippen molar-refractivity contribution in [3.05, 3.63) is 53.9 Å². The Hall–Kier alpha value is -1.65. The molecule has 0 amide bonds. The van der Waals surface area contributed by atoms with Crippen molar-refractivity contribution in [1.29, 1.82) is 0 Å². The molecule has 0 spiro atoms. The van der Waals surface area contributed by atoms with Crippen molar-refractivity contribution in [2.45, 2.75) is 31.5 Å². The van der Waals surface area contributed by atoms with Gasteiger partial charge < -0.3 is 4.74 Å². The highest BCUT2D eigenvalue weighted by atomic mass is 16.5. The molecule has 0 saturated carbocycles. The van der Waals surface area contributed by atoms with E-state index in [0.29, 0.717) is 12.1 Å². The summed E-state index contributed by atoms with van der Waals surface area (Å²) in [7, 11) is 3.79. The summed E-state index contributed by atoms with van der Waals surface area (Å²) in [5, 5.41) is 4.27. The molecule has 2 aromatic rings. The van der Waals surface area contributed by atoms with Crippen LogP contribution < -0.4 is 0 Å². The van der Waals surface area contributed by atoms with Crippen molar-refractivity contribution in [2.24, 2.45) is 7.05 Å². The number of rotatable bonds is 5. The highest BCUT2D eigenvalue weighted by molar-refractivity contribution is 5.17. The number of methoxy groups -OCH3 is 1. The second kappa shape index (κ2) is 6.41. The average Bonchev–Trinajstić information content (AvgIpc) is 3.08. The first-order valence-electron chi connectivity index (χ1n) is 7.54. The van der Waals surface area contributed by atoms with Crippen molar-refractivity contribution in [2.75, 3.05) is 13.7 Å². The Morgan fingerprint density at radius 2 is 2.05 bits per heavy atom. The van der Waals surface area contributed by atoms with E-state index in [-0.39, 0.29) is 0 Å². The molecule has 1 saturated heterocycles. The monoisotopic (exact) mass is 285 g/mol. The van der Waals surface area contributed by atoms with Gasteiger partial charge in [0.25, 0.3) is 0 Å². The van der Waals surface area contributed by atoms with Crippen LogP contribution in [0.4, 0.5) is 0 Å². The molecular formula is C17H23N3O. The molecule has 4 nitrogen and oxygen atoms in total. The molecule has 1 aromatic heterocycles. The van der Waals surface area contributed by atoms with E-state index < -0.39 is 0 Å². The van der Waals surface area contributed by atoms with Crippen LogP contribution in [0.5, 0.6) is 0 Å². The fraction of sp³-hybridized carbons (Fsp3) is 0.471. The van der Waals surface area contributed by atoms with E-state index in [4.69, 9.17) is 4.74 Å². The van der Waals surface area contributed by atoms with Gasteiger partial charge in [-0.3, -0.25) is 9.58 Å². The average molecular weight is 285 g/mol. The fourth-order valence-electron chi connectivity index (χ4n) is 3.26. The molecule has 3 rings (SSSR count). The van der Waals surface area contributed by atoms with E-state index >= 15 is 0 Å². The lowest BCUT2D eigenvalue weighted by Gasteiger charge is -2.27. The summed E-state index contributed by atoms with van der Waals surface area (Å²) < 4.78 is 7.57. The molecule has 0 aliphatic carbocycles. The summed E-state index contributed by atoms with van der Waals surface area (Å²) in [6.45, 7) is 2.04. The minimum Gasteiger partial charge on any atom is -0.380 e. The number of aromatic nitrogens is 2. The predicted molar refractivity (Wildman–Crippen MR) is 83.0 cm³/mol. The third-order valence-electron chi connectivity index (χ3n) is 4.33. The van der Waals surface area contributed by atoms with E-state index in [1.54, 1.807) is 0 Å². The smallest absolute Gasteiger partial charge is 0.0742 e. The van der Waals surface area contributed by atoms with E-state index in [1.165, 1.54) is 11.1 Å². The Labute approximate surface area is 126 Å². The van der Waals surface area contributed by atoms with Gasteiger partial charge in [-0.05, 0) is 18.4 Å². The number of aryl methyl sites for hydroxylation is 1. The summed E-state index contributed by atoms with van der Waals surface area (Å²) in [5.74, 6) is 0. The van der Waals surface area contributed by atoms with Crippen LogP contribution in [-0.2, 0) is 24.8 Å². The first kappa shape index (κ1) is 14.3. The summed E-state index contributed by atoms with van der Waals surface area (Å²) in [6.07, 6.45) is 6.52. The minimum absolute atomic E-state index is 0.321. The Kier molecular flexibility index (Phi) is 4.36. The van der Waals surface area contributed by atoms with Crippen molar-refractivity contribution >= 4 is 0 Å². The summed E-state index contributed by atoms with van der Waals surface area (Å²) in [4.78, 5) is 2.53. The lowest BCUT2D eigenvalue weighted by molar-refractivity contribution is 0.0638. The highest BCUT2D eigenvalue weighted by Gasteiger charge is 2.34. The van der Waals surface area contributed by atoms with E-state index in [0.717, 1.165) is 25.9 Å². The van der Waals surface area contributed by atoms with Gasteiger partial charge >= 0.3 is 0 Å². The number of benzene rings is 1. The Balaban J connectivity index is 1.72. The summed E-state index contributed by atoms with van der Waals surface area (Å²) in [5.41, 5.74) is 2.65. The van der Waals surface area contributed by atoms with E-state index in [2.05, 4.69) is 46.5 Å². The van der Waals surface area contributed by atoms with Gasteiger partial charge in [0.05, 0.1) is 12.3 Å². The van der Waals surface area contributed by atoms with Crippen molar-refractivity contribution < 1.29 is 4.74 Å². The number of nitrogens with zero attached hydrogens (tertiary/aromatic N) is 3. The topological polar surface area (TPSA) is 30.3 Å². The Morgan fingerprint density at radius 3 is 2.71 bits per heavy atom. The predicted octanol–water partition coefficient (Wildman–Crippen LogP) is 2.25. The van der Waals surface area contributed by atoms with Crippen LogP contribution in [0.3, 0.4) is 0 Å². The third-order valence-corrected chi connectivity index (χ3v) is 4.33. The molecule has 1 aromatic carbocycles. The fourth-order valence-corrected chi connectivity index (χ4v) is 3.26. The van der Waals surface area contributed by atoms with Gasteiger partial charge in [-0.2, -0.15) is 5.10 Å². The van der Waals surface area contributed by atoms with Crippen LogP contribution in [0, 0.1) is 0 Å². The molecule has 1 aliphatic heterocycles. The molecule has 0 bridgehead atoms. The maximum absolute atomic E-state index is 5.71. The zero-order valence-corrected chi connectivity index (χ0v) is 12.8. The molecule has 0 unspecified atom stereocenters. The van der Waals surface area contributed by atoms with E-state index in [9.17, 15) is 0 Å². The molecule has 1 fully saturated rings. The number of likely N-dealkylation sites (tertiary alicyclic amines) is 1. The van der Waals surface area contributed by atoms with Crippen LogP contribution in [-0.4, -0.2) is 40.5 Å². The Bertz CT molecular complexity index is 566. The molecule has 2 atom stereocenters. The molecule has 2 heterocycles. The highest BCUT2D eigenvalue weighted by Crippen LogP contribution is 2.25. The molecular weight excluding hydrogens is 262 g/mol. The van der Waals surface area contributed by atoms with Crippen LogP contribution >= 0.6 is 0 Å². The summed E-state index contributed by atoms with van der Waals surface area (Å²) in [6, 6.07) is 11.1. The molecule has 21 heavy (non-hydrogen) atoms. The maximum atomic E-state index is 5.71. The molecule has 4 heteroatoms. The SMILES string of the molecule is CO[C@H]1CCN(Cc2cnn(C)c2)[C@H]1Cc1ccccc1. The molecule has 1 aliphatic rings. The third kappa shape index (κ3) is 3.34. The zero-order valence-electron chi connectivity index (χ0n) is 12.8. The van der Waals surface area contributed by atoms with Gasteiger partial charge in [-0.1, -0.05) is 30.3 Å². The maximum Gasteiger partial charge on any atom is 0.0742 e. The van der Waals surface area contributed by atoms with Gasteiger partial charge in [0, 0.05) is 45.0 Å². The molecule has 0 radical (unpaired) electrons. The summed E-state index contributed by atoms with van der Waals surface area (Å²) >= 11 is 0. The minimum atomic E-state index is 0.321. The van der Waals surface area contributed by atoms with Crippen LogP contribution in [0.25, 0.3) is 0 Å². The second-order valence-corrected chi connectivity index (χ2v) is 5.81. The Morgan fingerprint density at radius 1 is 1.24 bits per heavy atom. The van der Waals surface area contributed by atoms with Crippen LogP contribution in [0.1, 0.15) is 17.5 Å². The van der Waals surface area contributed by atoms with Gasteiger partial charge in [0.2, 0.25) is 0 Å². The number of hydrogen-bond acceptors (Lipinski definition) is 3. The molecule has 112 valence electrons. The van der Waals surface area contributed by atoms with Crippen LogP contribution in [0.15, 0.2) is 42.7 Å². The van der Waals surface area contributed by atoms with Gasteiger partial charge in [-0.25, -0.2) is 0 Å². The zero-order chi connectivity index (χ0) is 14.7. The van der Waals surface area contributed by atoms with Gasteiger partial charge in [0.15, 0.2) is 0 Å². The standard InChI is InChI=1S/C17H23N3O/c1-19-12-15(11-18-19)13-20-9-8-17(21-2)16(20)10-14-6-4-3-5-7-14/h3-7,11-12,16-17H,8-10,13H2,1-2H3/t16-,17-/m0/s1. The first-order valence-corrected chi connectivity index (χ1v) is 7.54. The lowest BCUT2D eigenvalue weighted by atomic mass is 10.0. The largest absolute Gasteiger partial charge is 0.380 e. The van der Waals surface area contributed by atoms with Gasteiger partial charge in [0.1, 0.15) is 0 Å². The second-order valence-electron chi connectivity index (χ2n) is 5.81. The van der Waals surface area contributed by atoms with Crippen molar-refractivity contribution in [3.8, 4) is 0 Å². The molecule has 0 N–H and O–H groups in total. The normalized spacial score (nSPS) is 22.8. The lowest BCUT2D eigenvalue weighted by Crippen LogP contribution is -2.37. The quantitative estimate of drug-likeness (QED) is 0.844. The van der Waals surface area contributed by atoms with Crippen molar-refractivity contribution in [3.63, 3.8) is 0 Å².